The first-order chi connectivity index (χ1) is 9.74. The van der Waals surface area contributed by atoms with Gasteiger partial charge in [-0.25, -0.2) is 0 Å². The van der Waals surface area contributed by atoms with Crippen LogP contribution in [-0.2, 0) is 9.53 Å². The van der Waals surface area contributed by atoms with Gasteiger partial charge in [-0.1, -0.05) is 30.4 Å². The van der Waals surface area contributed by atoms with Crippen molar-refractivity contribution in [2.45, 2.75) is 0 Å². The molecule has 2 rings (SSSR count). The van der Waals surface area contributed by atoms with Crippen molar-refractivity contribution in [2.75, 3.05) is 44.4 Å². The Kier molecular flexibility index (Phi) is 5.46. The molecule has 5 nitrogen and oxygen atoms in total. The highest BCUT2D eigenvalue weighted by Gasteiger charge is 2.25. The minimum atomic E-state index is -0.248. The number of ether oxygens (including phenoxy) is 1. The normalized spacial score (nSPS) is 14.9. The summed E-state index contributed by atoms with van der Waals surface area (Å²) in [7, 11) is 0. The molecular weight excluding hydrogens is 276 g/mol. The SMILES string of the molecule is O=C(C(=S)N1CCOCC1)N(CCO)c1ccccc1. The third-order valence-corrected chi connectivity index (χ3v) is 3.55. The lowest BCUT2D eigenvalue weighted by Gasteiger charge is -2.31. The van der Waals surface area contributed by atoms with Gasteiger partial charge in [0.1, 0.15) is 0 Å². The zero-order valence-electron chi connectivity index (χ0n) is 11.2. The molecule has 1 amide bonds. The molecule has 1 saturated heterocycles. The molecule has 1 aliphatic rings. The number of thiocarbonyl (C=S) groups is 1. The number of hydrogen-bond acceptors (Lipinski definition) is 4. The van der Waals surface area contributed by atoms with E-state index in [0.717, 1.165) is 5.69 Å². The average Bonchev–Trinajstić information content (AvgIpc) is 2.53. The second kappa shape index (κ2) is 7.33. The summed E-state index contributed by atoms with van der Waals surface area (Å²) in [5.41, 5.74) is 0.738. The van der Waals surface area contributed by atoms with Crippen LogP contribution >= 0.6 is 12.2 Å². The highest BCUT2D eigenvalue weighted by atomic mass is 32.1. The number of hydrogen-bond donors (Lipinski definition) is 1. The van der Waals surface area contributed by atoms with Crippen molar-refractivity contribution in [2.24, 2.45) is 0 Å². The van der Waals surface area contributed by atoms with Crippen molar-refractivity contribution < 1.29 is 14.6 Å². The summed E-state index contributed by atoms with van der Waals surface area (Å²) in [6.07, 6.45) is 0. The van der Waals surface area contributed by atoms with Crippen LogP contribution < -0.4 is 4.90 Å². The number of morpholine rings is 1. The van der Waals surface area contributed by atoms with Crippen molar-refractivity contribution in [3.05, 3.63) is 30.3 Å². The molecule has 1 heterocycles. The summed E-state index contributed by atoms with van der Waals surface area (Å²) < 4.78 is 5.26. The Bertz CT molecular complexity index is 461. The highest BCUT2D eigenvalue weighted by Crippen LogP contribution is 2.14. The van der Waals surface area contributed by atoms with Gasteiger partial charge >= 0.3 is 0 Å². The Labute approximate surface area is 123 Å². The largest absolute Gasteiger partial charge is 0.395 e. The molecule has 20 heavy (non-hydrogen) atoms. The van der Waals surface area contributed by atoms with Crippen LogP contribution in [0, 0.1) is 0 Å². The van der Waals surface area contributed by atoms with Crippen molar-refractivity contribution in [3.8, 4) is 0 Å². The van der Waals surface area contributed by atoms with E-state index in [1.54, 1.807) is 0 Å². The van der Waals surface area contributed by atoms with Crippen molar-refractivity contribution in [1.82, 2.24) is 4.90 Å². The van der Waals surface area contributed by atoms with Crippen molar-refractivity contribution >= 4 is 28.8 Å². The van der Waals surface area contributed by atoms with E-state index < -0.39 is 0 Å². The second-order valence-electron chi connectivity index (χ2n) is 4.42. The number of nitrogens with zero attached hydrogens (tertiary/aromatic N) is 2. The highest BCUT2D eigenvalue weighted by molar-refractivity contribution is 7.82. The zero-order valence-corrected chi connectivity index (χ0v) is 12.0. The minimum absolute atomic E-state index is 0.105. The number of carbonyl (C=O) groups is 1. The molecule has 0 aromatic heterocycles. The fourth-order valence-electron chi connectivity index (χ4n) is 2.07. The van der Waals surface area contributed by atoms with Gasteiger partial charge in [-0.3, -0.25) is 4.79 Å². The number of carbonyl (C=O) groups excluding carboxylic acids is 1. The van der Waals surface area contributed by atoms with E-state index in [0.29, 0.717) is 26.3 Å². The lowest BCUT2D eigenvalue weighted by molar-refractivity contribution is -0.113. The fraction of sp³-hybridized carbons (Fsp3) is 0.429. The third-order valence-electron chi connectivity index (χ3n) is 3.12. The first kappa shape index (κ1) is 14.9. The maximum absolute atomic E-state index is 12.5. The molecule has 1 fully saturated rings. The monoisotopic (exact) mass is 294 g/mol. The number of benzene rings is 1. The zero-order chi connectivity index (χ0) is 14.4. The molecule has 1 aromatic carbocycles. The van der Waals surface area contributed by atoms with Crippen LogP contribution in [-0.4, -0.2) is 60.4 Å². The van der Waals surface area contributed by atoms with Crippen LogP contribution in [0.25, 0.3) is 0 Å². The summed E-state index contributed by atoms with van der Waals surface area (Å²) >= 11 is 5.28. The smallest absolute Gasteiger partial charge is 0.285 e. The van der Waals surface area contributed by atoms with E-state index in [1.165, 1.54) is 4.90 Å². The third kappa shape index (κ3) is 3.53. The maximum atomic E-state index is 12.5. The summed E-state index contributed by atoms with van der Waals surface area (Å²) in [6, 6.07) is 9.24. The lowest BCUT2D eigenvalue weighted by Crippen LogP contribution is -2.49. The van der Waals surface area contributed by atoms with E-state index in [1.807, 2.05) is 35.2 Å². The van der Waals surface area contributed by atoms with Gasteiger partial charge in [-0.15, -0.1) is 0 Å². The predicted molar refractivity (Wildman–Crippen MR) is 80.9 cm³/mol. The molecule has 1 N–H and O–H groups in total. The number of anilines is 1. The Morgan fingerprint density at radius 1 is 1.30 bits per heavy atom. The molecular formula is C14H18N2O3S. The number of para-hydroxylation sites is 1. The van der Waals surface area contributed by atoms with E-state index in [4.69, 9.17) is 22.1 Å². The van der Waals surface area contributed by atoms with Crippen LogP contribution in [0.5, 0.6) is 0 Å². The molecule has 0 radical (unpaired) electrons. The predicted octanol–water partition coefficient (Wildman–Crippen LogP) is 0.671. The molecule has 0 saturated carbocycles. The molecule has 1 aliphatic heterocycles. The Hall–Kier alpha value is -1.50. The quantitative estimate of drug-likeness (QED) is 0.831. The van der Waals surface area contributed by atoms with E-state index >= 15 is 0 Å². The number of aliphatic hydroxyl groups is 1. The second-order valence-corrected chi connectivity index (χ2v) is 4.81. The van der Waals surface area contributed by atoms with Crippen LogP contribution in [0.3, 0.4) is 0 Å². The molecule has 1 aromatic rings. The standard InChI is InChI=1S/C14H18N2O3S/c17-9-6-16(12-4-2-1-3-5-12)13(18)14(20)15-7-10-19-11-8-15/h1-5,17H,6-11H2. The Morgan fingerprint density at radius 3 is 2.55 bits per heavy atom. The summed E-state index contributed by atoms with van der Waals surface area (Å²) in [5, 5.41) is 9.17. The molecule has 0 spiro atoms. The number of rotatable bonds is 3. The van der Waals surface area contributed by atoms with Crippen LogP contribution in [0.1, 0.15) is 0 Å². The lowest BCUT2D eigenvalue weighted by atomic mass is 10.2. The summed E-state index contributed by atoms with van der Waals surface area (Å²) in [4.78, 5) is 16.2. The van der Waals surface area contributed by atoms with Gasteiger partial charge in [-0.05, 0) is 12.1 Å². The molecule has 0 aliphatic carbocycles. The number of amides is 1. The summed E-state index contributed by atoms with van der Waals surface area (Å²) in [6.45, 7) is 2.55. The molecule has 6 heteroatoms. The Balaban J connectivity index is 2.12. The van der Waals surface area contributed by atoms with Gasteiger partial charge in [0.25, 0.3) is 5.91 Å². The van der Waals surface area contributed by atoms with Crippen LogP contribution in [0.4, 0.5) is 5.69 Å². The van der Waals surface area contributed by atoms with Gasteiger partial charge in [0.2, 0.25) is 0 Å². The average molecular weight is 294 g/mol. The van der Waals surface area contributed by atoms with Gasteiger partial charge in [0, 0.05) is 25.3 Å². The first-order valence-corrected chi connectivity index (χ1v) is 6.99. The maximum Gasteiger partial charge on any atom is 0.285 e. The van der Waals surface area contributed by atoms with E-state index in [-0.39, 0.29) is 24.0 Å². The van der Waals surface area contributed by atoms with Crippen LogP contribution in [0.2, 0.25) is 0 Å². The summed E-state index contributed by atoms with van der Waals surface area (Å²) in [5.74, 6) is -0.248. The van der Waals surface area contributed by atoms with Gasteiger partial charge < -0.3 is 19.6 Å². The van der Waals surface area contributed by atoms with Crippen molar-refractivity contribution in [3.63, 3.8) is 0 Å². The van der Waals surface area contributed by atoms with E-state index in [9.17, 15) is 4.79 Å². The van der Waals surface area contributed by atoms with Crippen LogP contribution in [0.15, 0.2) is 30.3 Å². The molecule has 0 unspecified atom stereocenters. The molecule has 0 atom stereocenters. The van der Waals surface area contributed by atoms with Crippen molar-refractivity contribution in [1.29, 1.82) is 0 Å². The molecule has 108 valence electrons. The minimum Gasteiger partial charge on any atom is -0.395 e. The first-order valence-electron chi connectivity index (χ1n) is 6.58. The topological polar surface area (TPSA) is 53.0 Å². The van der Waals surface area contributed by atoms with Gasteiger partial charge in [0.05, 0.1) is 19.8 Å². The van der Waals surface area contributed by atoms with Gasteiger partial charge in [0.15, 0.2) is 4.99 Å². The fourth-order valence-corrected chi connectivity index (χ4v) is 2.37. The number of aliphatic hydroxyl groups excluding tert-OH is 1. The van der Waals surface area contributed by atoms with Gasteiger partial charge in [-0.2, -0.15) is 0 Å². The van der Waals surface area contributed by atoms with E-state index in [2.05, 4.69) is 0 Å². The molecule has 0 bridgehead atoms. The Morgan fingerprint density at radius 2 is 1.95 bits per heavy atom.